The largest absolute Gasteiger partial charge is 0.392 e. The highest BCUT2D eigenvalue weighted by Gasteiger charge is 2.60. The molecule has 4 saturated carbocycles. The summed E-state index contributed by atoms with van der Waals surface area (Å²) in [6, 6.07) is 0. The van der Waals surface area contributed by atoms with Gasteiger partial charge in [0.25, 0.3) is 0 Å². The minimum atomic E-state index is -0.769. The maximum Gasteiger partial charge on any atom is 0.103 e. The van der Waals surface area contributed by atoms with Crippen molar-refractivity contribution in [2.45, 2.75) is 83.9 Å². The van der Waals surface area contributed by atoms with Crippen molar-refractivity contribution in [1.82, 2.24) is 0 Å². The van der Waals surface area contributed by atoms with Gasteiger partial charge in [-0.15, -0.1) is 0 Å². The number of rotatable bonds is 0. The Labute approximate surface area is 128 Å². The Kier molecular flexibility index (Phi) is 3.24. The predicted molar refractivity (Wildman–Crippen MR) is 82.6 cm³/mol. The van der Waals surface area contributed by atoms with E-state index in [1.807, 2.05) is 0 Å². The molecule has 0 saturated heterocycles. The van der Waals surface area contributed by atoms with Crippen LogP contribution in [0.25, 0.3) is 0 Å². The molecule has 0 aromatic rings. The van der Waals surface area contributed by atoms with Crippen LogP contribution < -0.4 is 0 Å². The van der Waals surface area contributed by atoms with Gasteiger partial charge >= 0.3 is 0 Å². The van der Waals surface area contributed by atoms with Crippen LogP contribution >= 0.6 is 0 Å². The van der Waals surface area contributed by atoms with Crippen LogP contribution in [0.15, 0.2) is 0 Å². The number of hydrogen-bond acceptors (Lipinski definition) is 1. The van der Waals surface area contributed by atoms with Crippen LogP contribution in [0.3, 0.4) is 0 Å². The van der Waals surface area contributed by atoms with Crippen molar-refractivity contribution in [2.75, 3.05) is 0 Å². The summed E-state index contributed by atoms with van der Waals surface area (Å²) in [7, 11) is 0. The molecule has 4 aliphatic rings. The molecular formula is C19H31FO. The standard InChI is InChI=1S/C19H31FO/c1-18-8-3-4-15(18)14-6-5-12-10-13(20)11-17(21)19(12,2)16(14)7-9-18/h12-17,21H,3-11H2,1-2H3/t12?,13?,14-,15-,16+,17?,18-,19-/m0/s1. The van der Waals surface area contributed by atoms with Crippen LogP contribution in [0.5, 0.6) is 0 Å². The lowest BCUT2D eigenvalue weighted by molar-refractivity contribution is -0.170. The van der Waals surface area contributed by atoms with Crippen molar-refractivity contribution >= 4 is 0 Å². The van der Waals surface area contributed by atoms with Gasteiger partial charge in [0, 0.05) is 6.42 Å². The van der Waals surface area contributed by atoms with Crippen molar-refractivity contribution in [3.8, 4) is 0 Å². The maximum absolute atomic E-state index is 13.9. The predicted octanol–water partition coefficient (Wildman–Crippen LogP) is 4.73. The quantitative estimate of drug-likeness (QED) is 0.685. The van der Waals surface area contributed by atoms with Crippen LogP contribution in [0.1, 0.15) is 71.6 Å². The summed E-state index contributed by atoms with van der Waals surface area (Å²) in [5, 5.41) is 10.7. The molecule has 8 atom stereocenters. The monoisotopic (exact) mass is 294 g/mol. The van der Waals surface area contributed by atoms with Crippen LogP contribution in [-0.4, -0.2) is 17.4 Å². The van der Waals surface area contributed by atoms with Crippen molar-refractivity contribution in [1.29, 1.82) is 0 Å². The van der Waals surface area contributed by atoms with Crippen molar-refractivity contribution in [3.63, 3.8) is 0 Å². The first-order valence-corrected chi connectivity index (χ1v) is 9.27. The van der Waals surface area contributed by atoms with Gasteiger partial charge in [0.15, 0.2) is 0 Å². The average Bonchev–Trinajstić information content (AvgIpc) is 2.82. The van der Waals surface area contributed by atoms with Gasteiger partial charge in [-0.2, -0.15) is 0 Å². The highest BCUT2D eigenvalue weighted by molar-refractivity contribution is 5.09. The van der Waals surface area contributed by atoms with Crippen LogP contribution in [-0.2, 0) is 0 Å². The first-order chi connectivity index (χ1) is 9.95. The topological polar surface area (TPSA) is 20.2 Å². The summed E-state index contributed by atoms with van der Waals surface area (Å²) in [5.41, 5.74) is 0.571. The third kappa shape index (κ3) is 1.90. The maximum atomic E-state index is 13.9. The molecule has 1 N–H and O–H groups in total. The second-order valence-electron chi connectivity index (χ2n) is 9.19. The molecule has 120 valence electrons. The van der Waals surface area contributed by atoms with E-state index in [-0.39, 0.29) is 5.41 Å². The molecule has 0 radical (unpaired) electrons. The SMILES string of the molecule is C[C@@]12CCC[C@H]1[C@@H]1CCC3CC(F)CC(O)[C@]3(C)[C@@H]1CC2. The number of halogens is 1. The van der Waals surface area contributed by atoms with E-state index in [0.29, 0.717) is 30.1 Å². The molecule has 0 heterocycles. The second kappa shape index (κ2) is 4.69. The smallest absolute Gasteiger partial charge is 0.103 e. The molecule has 0 amide bonds. The number of alkyl halides is 1. The summed E-state index contributed by atoms with van der Waals surface area (Å²) in [6.07, 6.45) is 9.20. The molecule has 0 bridgehead atoms. The molecule has 1 nitrogen and oxygen atoms in total. The summed E-state index contributed by atoms with van der Waals surface area (Å²) in [5.74, 6) is 2.75. The Morgan fingerprint density at radius 1 is 0.952 bits per heavy atom. The molecule has 2 heteroatoms. The van der Waals surface area contributed by atoms with Gasteiger partial charge in [-0.1, -0.05) is 20.3 Å². The second-order valence-corrected chi connectivity index (χ2v) is 9.19. The summed E-state index contributed by atoms with van der Waals surface area (Å²) >= 11 is 0. The van der Waals surface area contributed by atoms with Gasteiger partial charge in [0.2, 0.25) is 0 Å². The van der Waals surface area contributed by atoms with Gasteiger partial charge in [-0.3, -0.25) is 0 Å². The first kappa shape index (κ1) is 14.5. The molecule has 4 rings (SSSR count). The van der Waals surface area contributed by atoms with E-state index in [2.05, 4.69) is 13.8 Å². The molecule has 3 unspecified atom stereocenters. The number of aliphatic hydroxyl groups excluding tert-OH is 1. The summed E-state index contributed by atoms with van der Waals surface area (Å²) in [4.78, 5) is 0. The third-order valence-electron chi connectivity index (χ3n) is 8.48. The van der Waals surface area contributed by atoms with E-state index >= 15 is 0 Å². The fourth-order valence-corrected chi connectivity index (χ4v) is 7.25. The number of hydrogen-bond donors (Lipinski definition) is 1. The van der Waals surface area contributed by atoms with Gasteiger partial charge < -0.3 is 5.11 Å². The van der Waals surface area contributed by atoms with E-state index in [0.717, 1.165) is 18.3 Å². The lowest BCUT2D eigenvalue weighted by Crippen LogP contribution is -2.58. The van der Waals surface area contributed by atoms with Crippen LogP contribution in [0.4, 0.5) is 4.39 Å². The Balaban J connectivity index is 1.66. The molecule has 4 aliphatic carbocycles. The Bertz CT molecular complexity index is 424. The Morgan fingerprint density at radius 2 is 1.76 bits per heavy atom. The zero-order valence-electron chi connectivity index (χ0n) is 13.7. The van der Waals surface area contributed by atoms with Crippen molar-refractivity contribution in [3.05, 3.63) is 0 Å². The van der Waals surface area contributed by atoms with E-state index < -0.39 is 12.3 Å². The van der Waals surface area contributed by atoms with Gasteiger partial charge in [0.05, 0.1) is 6.10 Å². The average molecular weight is 294 g/mol. The fraction of sp³-hybridized carbons (Fsp3) is 1.00. The van der Waals surface area contributed by atoms with E-state index in [1.165, 1.54) is 38.5 Å². The molecule has 0 aromatic heterocycles. The highest BCUT2D eigenvalue weighted by atomic mass is 19.1. The van der Waals surface area contributed by atoms with Crippen LogP contribution in [0.2, 0.25) is 0 Å². The zero-order valence-corrected chi connectivity index (χ0v) is 13.7. The van der Waals surface area contributed by atoms with Crippen LogP contribution in [0, 0.1) is 34.5 Å². The molecule has 0 spiro atoms. The summed E-state index contributed by atoms with van der Waals surface area (Å²) < 4.78 is 13.9. The fourth-order valence-electron chi connectivity index (χ4n) is 7.25. The normalized spacial score (nSPS) is 60.0. The molecule has 0 aromatic carbocycles. The van der Waals surface area contributed by atoms with E-state index in [1.54, 1.807) is 0 Å². The minimum absolute atomic E-state index is 0.00454. The summed E-state index contributed by atoms with van der Waals surface area (Å²) in [6.45, 7) is 4.83. The Hall–Kier alpha value is -0.110. The van der Waals surface area contributed by atoms with Gasteiger partial charge in [-0.25, -0.2) is 4.39 Å². The van der Waals surface area contributed by atoms with Crippen molar-refractivity contribution < 1.29 is 9.50 Å². The third-order valence-corrected chi connectivity index (χ3v) is 8.48. The lowest BCUT2D eigenvalue weighted by atomic mass is 9.44. The highest BCUT2D eigenvalue weighted by Crippen LogP contribution is 2.66. The zero-order chi connectivity index (χ0) is 14.8. The molecule has 21 heavy (non-hydrogen) atoms. The van der Waals surface area contributed by atoms with Gasteiger partial charge in [0.1, 0.15) is 6.17 Å². The van der Waals surface area contributed by atoms with E-state index in [9.17, 15) is 9.50 Å². The molecule has 0 aliphatic heterocycles. The number of fused-ring (bicyclic) bond motifs is 5. The minimum Gasteiger partial charge on any atom is -0.392 e. The van der Waals surface area contributed by atoms with Crippen molar-refractivity contribution in [2.24, 2.45) is 34.5 Å². The number of aliphatic hydroxyl groups is 1. The lowest BCUT2D eigenvalue weighted by Gasteiger charge is -2.61. The molecular weight excluding hydrogens is 263 g/mol. The first-order valence-electron chi connectivity index (χ1n) is 9.27. The molecule has 4 fully saturated rings. The Morgan fingerprint density at radius 3 is 2.57 bits per heavy atom. The van der Waals surface area contributed by atoms with Gasteiger partial charge in [-0.05, 0) is 79.4 Å². The van der Waals surface area contributed by atoms with E-state index in [4.69, 9.17) is 0 Å².